The Bertz CT molecular complexity index is 547. The van der Waals surface area contributed by atoms with Crippen molar-refractivity contribution < 1.29 is 13.6 Å². The Balaban J connectivity index is 2.44. The van der Waals surface area contributed by atoms with Gasteiger partial charge in [-0.05, 0) is 38.3 Å². The van der Waals surface area contributed by atoms with E-state index in [4.69, 9.17) is 0 Å². The van der Waals surface area contributed by atoms with E-state index in [0.29, 0.717) is 6.42 Å². The van der Waals surface area contributed by atoms with Gasteiger partial charge in [-0.1, -0.05) is 30.7 Å². The van der Waals surface area contributed by atoms with Gasteiger partial charge >= 0.3 is 0 Å². The smallest absolute Gasteiger partial charge is 0.255 e. The van der Waals surface area contributed by atoms with Crippen LogP contribution in [-0.2, 0) is 4.79 Å². The van der Waals surface area contributed by atoms with Gasteiger partial charge in [0.2, 0.25) is 5.91 Å². The molecule has 1 aromatic carbocycles. The topological polar surface area (TPSA) is 32.3 Å². The Morgan fingerprint density at radius 2 is 2.05 bits per heavy atom. The van der Waals surface area contributed by atoms with Crippen molar-refractivity contribution in [3.8, 4) is 0 Å². The molecule has 2 rings (SSSR count). The molecule has 2 unspecified atom stereocenters. The summed E-state index contributed by atoms with van der Waals surface area (Å²) in [5.41, 5.74) is 2.15. The van der Waals surface area contributed by atoms with E-state index in [1.165, 1.54) is 4.90 Å². The zero-order valence-electron chi connectivity index (χ0n) is 12.9. The number of aryl methyl sites for hydroxylation is 2. The number of halogens is 2. The standard InChI is InChI=1S/C16H22F2N2O/c1-5-16(4)15(21)20(9-13(17)18)14(19-16)12-8-10(2)6-7-11(12)3/h6-8,13-14,19H,5,9H2,1-4H3. The predicted octanol–water partition coefficient (Wildman–Crippen LogP) is 3.17. The SMILES string of the molecule is CCC1(C)NC(c2cc(C)ccc2C)N(CC(F)F)C1=O. The van der Waals surface area contributed by atoms with Crippen molar-refractivity contribution in [3.63, 3.8) is 0 Å². The molecule has 116 valence electrons. The number of rotatable bonds is 4. The molecule has 5 heteroatoms. The molecule has 0 aliphatic carbocycles. The van der Waals surface area contributed by atoms with Crippen molar-refractivity contribution in [1.29, 1.82) is 0 Å². The van der Waals surface area contributed by atoms with Crippen LogP contribution < -0.4 is 5.32 Å². The number of hydrogen-bond acceptors (Lipinski definition) is 2. The van der Waals surface area contributed by atoms with E-state index in [1.807, 2.05) is 39.0 Å². The number of hydrogen-bond donors (Lipinski definition) is 1. The molecule has 21 heavy (non-hydrogen) atoms. The van der Waals surface area contributed by atoms with Gasteiger partial charge in [0.1, 0.15) is 6.17 Å². The molecular weight excluding hydrogens is 274 g/mol. The van der Waals surface area contributed by atoms with E-state index in [9.17, 15) is 13.6 Å². The average molecular weight is 296 g/mol. The summed E-state index contributed by atoms with van der Waals surface area (Å²) in [6.07, 6.45) is -2.47. The molecular formula is C16H22F2N2O. The van der Waals surface area contributed by atoms with Gasteiger partial charge in [0, 0.05) is 0 Å². The first-order valence-electron chi connectivity index (χ1n) is 7.22. The highest BCUT2D eigenvalue weighted by Crippen LogP contribution is 2.34. The summed E-state index contributed by atoms with van der Waals surface area (Å²) in [4.78, 5) is 13.8. The Labute approximate surface area is 124 Å². The minimum absolute atomic E-state index is 0.254. The summed E-state index contributed by atoms with van der Waals surface area (Å²) in [5, 5.41) is 3.25. The van der Waals surface area contributed by atoms with Crippen molar-refractivity contribution in [2.45, 2.75) is 52.2 Å². The molecule has 3 nitrogen and oxygen atoms in total. The molecule has 0 spiro atoms. The summed E-state index contributed by atoms with van der Waals surface area (Å²) < 4.78 is 25.7. The van der Waals surface area contributed by atoms with Crippen LogP contribution in [0.25, 0.3) is 0 Å². The summed E-state index contributed by atoms with van der Waals surface area (Å²) in [6.45, 7) is 7.01. The van der Waals surface area contributed by atoms with Gasteiger partial charge in [0.05, 0.1) is 12.1 Å². The van der Waals surface area contributed by atoms with Crippen LogP contribution in [-0.4, -0.2) is 29.3 Å². The van der Waals surface area contributed by atoms with Crippen LogP contribution in [0.3, 0.4) is 0 Å². The minimum atomic E-state index is -2.54. The van der Waals surface area contributed by atoms with Gasteiger partial charge in [-0.15, -0.1) is 0 Å². The molecule has 0 saturated carbocycles. The molecule has 1 fully saturated rings. The van der Waals surface area contributed by atoms with E-state index in [0.717, 1.165) is 16.7 Å². The lowest BCUT2D eigenvalue weighted by atomic mass is 9.99. The Kier molecular flexibility index (Phi) is 4.33. The fourth-order valence-corrected chi connectivity index (χ4v) is 2.77. The van der Waals surface area contributed by atoms with Crippen LogP contribution in [0.5, 0.6) is 0 Å². The first-order valence-corrected chi connectivity index (χ1v) is 7.22. The summed E-state index contributed by atoms with van der Waals surface area (Å²) in [7, 11) is 0. The van der Waals surface area contributed by atoms with Gasteiger partial charge in [-0.25, -0.2) is 8.78 Å². The summed E-state index contributed by atoms with van der Waals surface area (Å²) >= 11 is 0. The van der Waals surface area contributed by atoms with Gasteiger partial charge in [0.15, 0.2) is 0 Å². The predicted molar refractivity (Wildman–Crippen MR) is 78.2 cm³/mol. The lowest BCUT2D eigenvalue weighted by Gasteiger charge is -2.25. The van der Waals surface area contributed by atoms with E-state index in [1.54, 1.807) is 6.92 Å². The number of alkyl halides is 2. The Morgan fingerprint density at radius 3 is 2.62 bits per heavy atom. The summed E-state index contributed by atoms with van der Waals surface area (Å²) in [5.74, 6) is -0.254. The number of amides is 1. The maximum atomic E-state index is 12.9. The van der Waals surface area contributed by atoms with Crippen LogP contribution in [0.4, 0.5) is 8.78 Å². The van der Waals surface area contributed by atoms with E-state index < -0.39 is 24.7 Å². The fourth-order valence-electron chi connectivity index (χ4n) is 2.77. The zero-order chi connectivity index (χ0) is 15.8. The molecule has 0 aromatic heterocycles. The first kappa shape index (κ1) is 15.9. The maximum absolute atomic E-state index is 12.9. The third-order valence-corrected chi connectivity index (χ3v) is 4.27. The Morgan fingerprint density at radius 1 is 1.38 bits per heavy atom. The number of carbonyl (C=O) groups is 1. The monoisotopic (exact) mass is 296 g/mol. The molecule has 1 amide bonds. The maximum Gasteiger partial charge on any atom is 0.255 e. The van der Waals surface area contributed by atoms with Gasteiger partial charge in [-0.3, -0.25) is 10.1 Å². The fraction of sp³-hybridized carbons (Fsp3) is 0.562. The normalized spacial score (nSPS) is 26.0. The van der Waals surface area contributed by atoms with Crippen molar-refractivity contribution in [3.05, 3.63) is 34.9 Å². The summed E-state index contributed by atoms with van der Waals surface area (Å²) in [6, 6.07) is 5.89. The molecule has 1 heterocycles. The average Bonchev–Trinajstić information content (AvgIpc) is 2.67. The molecule has 1 saturated heterocycles. The van der Waals surface area contributed by atoms with Gasteiger partial charge in [-0.2, -0.15) is 0 Å². The first-order chi connectivity index (χ1) is 9.78. The number of nitrogens with one attached hydrogen (secondary N) is 1. The lowest BCUT2D eigenvalue weighted by molar-refractivity contribution is -0.134. The highest BCUT2D eigenvalue weighted by molar-refractivity contribution is 5.88. The van der Waals surface area contributed by atoms with Crippen molar-refractivity contribution in [1.82, 2.24) is 10.2 Å². The van der Waals surface area contributed by atoms with Crippen LogP contribution in [0.15, 0.2) is 18.2 Å². The van der Waals surface area contributed by atoms with Crippen molar-refractivity contribution in [2.75, 3.05) is 6.54 Å². The van der Waals surface area contributed by atoms with E-state index >= 15 is 0 Å². The highest BCUT2D eigenvalue weighted by Gasteiger charge is 2.48. The van der Waals surface area contributed by atoms with Crippen LogP contribution in [0.2, 0.25) is 0 Å². The third kappa shape index (κ3) is 2.93. The second-order valence-electron chi connectivity index (χ2n) is 5.94. The second kappa shape index (κ2) is 5.72. The minimum Gasteiger partial charge on any atom is -0.316 e. The van der Waals surface area contributed by atoms with Gasteiger partial charge < -0.3 is 4.90 Å². The number of nitrogens with zero attached hydrogens (tertiary/aromatic N) is 1. The van der Waals surface area contributed by atoms with E-state index in [2.05, 4.69) is 5.32 Å². The number of benzene rings is 1. The van der Waals surface area contributed by atoms with Crippen LogP contribution >= 0.6 is 0 Å². The quantitative estimate of drug-likeness (QED) is 0.925. The molecule has 1 aliphatic rings. The molecule has 0 bridgehead atoms. The van der Waals surface area contributed by atoms with Gasteiger partial charge in [0.25, 0.3) is 6.43 Å². The number of carbonyl (C=O) groups excluding carboxylic acids is 1. The van der Waals surface area contributed by atoms with Crippen molar-refractivity contribution in [2.24, 2.45) is 0 Å². The van der Waals surface area contributed by atoms with Crippen molar-refractivity contribution >= 4 is 5.91 Å². The molecule has 1 aliphatic heterocycles. The zero-order valence-corrected chi connectivity index (χ0v) is 12.9. The largest absolute Gasteiger partial charge is 0.316 e. The Hall–Kier alpha value is -1.49. The highest BCUT2D eigenvalue weighted by atomic mass is 19.3. The second-order valence-corrected chi connectivity index (χ2v) is 5.94. The molecule has 2 atom stereocenters. The molecule has 1 N–H and O–H groups in total. The third-order valence-electron chi connectivity index (χ3n) is 4.27. The molecule has 1 aromatic rings. The van der Waals surface area contributed by atoms with E-state index in [-0.39, 0.29) is 5.91 Å². The molecule has 0 radical (unpaired) electrons. The van der Waals surface area contributed by atoms with Crippen LogP contribution in [0.1, 0.15) is 43.1 Å². The lowest BCUT2D eigenvalue weighted by Crippen LogP contribution is -2.43. The van der Waals surface area contributed by atoms with Crippen LogP contribution in [0, 0.1) is 13.8 Å².